The smallest absolute Gasteiger partial charge is 0.346 e. The van der Waals surface area contributed by atoms with Crippen LogP contribution in [0.15, 0.2) is 28.8 Å². The molecule has 1 aromatic heterocycles. The summed E-state index contributed by atoms with van der Waals surface area (Å²) < 4.78 is 9.75. The number of carbonyl (C=O) groups excluding carboxylic acids is 1. The number of nitrogens with two attached hydrogens (primary N) is 1. The van der Waals surface area contributed by atoms with E-state index in [0.717, 1.165) is 0 Å². The first-order valence-electron chi connectivity index (χ1n) is 5.32. The van der Waals surface area contributed by atoms with E-state index in [2.05, 4.69) is 5.16 Å². The molecule has 2 rings (SSSR count). The van der Waals surface area contributed by atoms with Crippen molar-refractivity contribution >= 4 is 23.5 Å². The normalized spacial score (nSPS) is 10.3. The van der Waals surface area contributed by atoms with Crippen LogP contribution in [0.4, 0.5) is 5.88 Å². The predicted octanol–water partition coefficient (Wildman–Crippen LogP) is 2.75. The minimum atomic E-state index is -0.578. The van der Waals surface area contributed by atoms with Gasteiger partial charge in [-0.25, -0.2) is 4.79 Å². The van der Waals surface area contributed by atoms with Crippen LogP contribution in [0.5, 0.6) is 0 Å². The van der Waals surface area contributed by atoms with Gasteiger partial charge in [-0.15, -0.1) is 0 Å². The lowest BCUT2D eigenvalue weighted by molar-refractivity contribution is 0.0528. The molecule has 94 valence electrons. The molecule has 0 bridgehead atoms. The summed E-state index contributed by atoms with van der Waals surface area (Å²) in [6.45, 7) is 1.95. The van der Waals surface area contributed by atoms with Gasteiger partial charge in [0.25, 0.3) is 0 Å². The van der Waals surface area contributed by atoms with Gasteiger partial charge in [-0.05, 0) is 13.0 Å². The number of carbonyl (C=O) groups is 1. The summed E-state index contributed by atoms with van der Waals surface area (Å²) in [5, 5.41) is 4.22. The number of anilines is 1. The molecule has 0 spiro atoms. The maximum Gasteiger partial charge on any atom is 0.346 e. The zero-order valence-corrected chi connectivity index (χ0v) is 10.4. The highest BCUT2D eigenvalue weighted by atomic mass is 35.5. The second kappa shape index (κ2) is 5.10. The standard InChI is InChI=1S/C12H11ClN2O3/c1-2-17-12(16)9-10(15-18-11(9)14)7-5-3-4-6-8(7)13/h3-6H,2,14H2,1H3. The van der Waals surface area contributed by atoms with Crippen LogP contribution in [-0.2, 0) is 4.74 Å². The van der Waals surface area contributed by atoms with Gasteiger partial charge in [0, 0.05) is 5.56 Å². The third-order valence-corrected chi connectivity index (χ3v) is 2.66. The third-order valence-electron chi connectivity index (χ3n) is 2.33. The monoisotopic (exact) mass is 266 g/mol. The number of rotatable bonds is 3. The molecule has 6 heteroatoms. The van der Waals surface area contributed by atoms with Crippen molar-refractivity contribution in [2.24, 2.45) is 0 Å². The Bertz CT molecular complexity index is 580. The summed E-state index contributed by atoms with van der Waals surface area (Å²) in [5.74, 6) is -0.658. The number of hydrogen-bond acceptors (Lipinski definition) is 5. The Kier molecular flexibility index (Phi) is 3.53. The zero-order valence-electron chi connectivity index (χ0n) is 9.64. The lowest BCUT2D eigenvalue weighted by Gasteiger charge is -2.03. The van der Waals surface area contributed by atoms with Gasteiger partial charge in [-0.2, -0.15) is 0 Å². The third kappa shape index (κ3) is 2.17. The summed E-state index contributed by atoms with van der Waals surface area (Å²) in [6.07, 6.45) is 0. The molecule has 0 atom stereocenters. The maximum absolute atomic E-state index is 11.8. The lowest BCUT2D eigenvalue weighted by Crippen LogP contribution is -2.07. The van der Waals surface area contributed by atoms with Gasteiger partial charge < -0.3 is 15.0 Å². The number of nitrogen functional groups attached to an aromatic ring is 1. The van der Waals surface area contributed by atoms with Crippen LogP contribution >= 0.6 is 11.6 Å². The first kappa shape index (κ1) is 12.4. The molecule has 0 amide bonds. The van der Waals surface area contributed by atoms with Gasteiger partial charge in [0.15, 0.2) is 5.56 Å². The van der Waals surface area contributed by atoms with Crippen LogP contribution in [0.1, 0.15) is 17.3 Å². The molecule has 2 N–H and O–H groups in total. The van der Waals surface area contributed by atoms with Crippen LogP contribution in [0.25, 0.3) is 11.3 Å². The van der Waals surface area contributed by atoms with Crippen molar-refractivity contribution in [2.75, 3.05) is 12.3 Å². The van der Waals surface area contributed by atoms with Crippen molar-refractivity contribution in [3.8, 4) is 11.3 Å². The fourth-order valence-corrected chi connectivity index (χ4v) is 1.77. The van der Waals surface area contributed by atoms with E-state index in [-0.39, 0.29) is 23.7 Å². The van der Waals surface area contributed by atoms with E-state index in [4.69, 9.17) is 26.6 Å². The van der Waals surface area contributed by atoms with Crippen molar-refractivity contribution in [1.82, 2.24) is 5.16 Å². The Morgan fingerprint density at radius 2 is 2.22 bits per heavy atom. The fraction of sp³-hybridized carbons (Fsp3) is 0.167. The molecule has 0 aliphatic heterocycles. The van der Waals surface area contributed by atoms with Crippen LogP contribution < -0.4 is 5.73 Å². The molecule has 5 nitrogen and oxygen atoms in total. The maximum atomic E-state index is 11.8. The van der Waals surface area contributed by atoms with Gasteiger partial charge in [-0.3, -0.25) is 0 Å². The summed E-state index contributed by atoms with van der Waals surface area (Å²) in [5.41, 5.74) is 6.55. The predicted molar refractivity (Wildman–Crippen MR) is 67.3 cm³/mol. The summed E-state index contributed by atoms with van der Waals surface area (Å²) in [4.78, 5) is 11.8. The SMILES string of the molecule is CCOC(=O)c1c(-c2ccccc2Cl)noc1N. The molecule has 0 saturated heterocycles. The van der Waals surface area contributed by atoms with E-state index < -0.39 is 5.97 Å². The molecule has 1 aromatic carbocycles. The molecule has 18 heavy (non-hydrogen) atoms. The average Bonchev–Trinajstić information content (AvgIpc) is 2.72. The number of hydrogen-bond donors (Lipinski definition) is 1. The molecular weight excluding hydrogens is 256 g/mol. The molecule has 0 fully saturated rings. The Labute approximate surface area is 108 Å². The van der Waals surface area contributed by atoms with Crippen molar-refractivity contribution in [2.45, 2.75) is 6.92 Å². The van der Waals surface area contributed by atoms with E-state index in [0.29, 0.717) is 10.6 Å². The van der Waals surface area contributed by atoms with Crippen LogP contribution in [-0.4, -0.2) is 17.7 Å². The minimum Gasteiger partial charge on any atom is -0.462 e. The number of aromatic nitrogens is 1. The number of ether oxygens (including phenoxy) is 1. The van der Waals surface area contributed by atoms with Crippen LogP contribution in [0.2, 0.25) is 5.02 Å². The molecule has 1 heterocycles. The van der Waals surface area contributed by atoms with Crippen molar-refractivity contribution in [1.29, 1.82) is 0 Å². The number of benzene rings is 1. The second-order valence-corrected chi connectivity index (χ2v) is 3.88. The van der Waals surface area contributed by atoms with Crippen molar-refractivity contribution in [3.05, 3.63) is 34.9 Å². The molecule has 0 saturated carbocycles. The summed E-state index contributed by atoms with van der Waals surface area (Å²) in [7, 11) is 0. The highest BCUT2D eigenvalue weighted by Crippen LogP contribution is 2.32. The molecular formula is C12H11ClN2O3. The second-order valence-electron chi connectivity index (χ2n) is 3.47. The quantitative estimate of drug-likeness (QED) is 0.864. The van der Waals surface area contributed by atoms with Gasteiger partial charge >= 0.3 is 5.97 Å². The molecule has 0 aliphatic carbocycles. The van der Waals surface area contributed by atoms with Gasteiger partial charge in [0.1, 0.15) is 5.69 Å². The Morgan fingerprint density at radius 3 is 2.89 bits per heavy atom. The van der Waals surface area contributed by atoms with Gasteiger partial charge in [-0.1, -0.05) is 35.0 Å². The first-order valence-corrected chi connectivity index (χ1v) is 5.70. The fourth-order valence-electron chi connectivity index (χ4n) is 1.54. The van der Waals surface area contributed by atoms with Gasteiger partial charge in [0.05, 0.1) is 11.6 Å². The highest BCUT2D eigenvalue weighted by Gasteiger charge is 2.24. The summed E-state index contributed by atoms with van der Waals surface area (Å²) in [6, 6.07) is 6.97. The number of nitrogens with zero attached hydrogens (tertiary/aromatic N) is 1. The average molecular weight is 267 g/mol. The Balaban J connectivity index is 2.53. The van der Waals surface area contributed by atoms with Crippen LogP contribution in [0, 0.1) is 0 Å². The number of halogens is 1. The molecule has 0 unspecified atom stereocenters. The van der Waals surface area contributed by atoms with E-state index in [1.54, 1.807) is 31.2 Å². The van der Waals surface area contributed by atoms with Gasteiger partial charge in [0.2, 0.25) is 5.88 Å². The van der Waals surface area contributed by atoms with E-state index in [1.807, 2.05) is 0 Å². The molecule has 0 aliphatic rings. The van der Waals surface area contributed by atoms with Crippen LogP contribution in [0.3, 0.4) is 0 Å². The molecule has 2 aromatic rings. The Morgan fingerprint density at radius 1 is 1.50 bits per heavy atom. The summed E-state index contributed by atoms with van der Waals surface area (Å²) >= 11 is 6.05. The first-order chi connectivity index (χ1) is 8.65. The zero-order chi connectivity index (χ0) is 13.1. The minimum absolute atomic E-state index is 0.0802. The highest BCUT2D eigenvalue weighted by molar-refractivity contribution is 6.33. The number of esters is 1. The van der Waals surface area contributed by atoms with Crippen molar-refractivity contribution < 1.29 is 14.1 Å². The Hall–Kier alpha value is -2.01. The van der Waals surface area contributed by atoms with E-state index in [1.165, 1.54) is 0 Å². The van der Waals surface area contributed by atoms with E-state index in [9.17, 15) is 4.79 Å². The molecule has 0 radical (unpaired) electrons. The van der Waals surface area contributed by atoms with Crippen molar-refractivity contribution in [3.63, 3.8) is 0 Å². The van der Waals surface area contributed by atoms with E-state index >= 15 is 0 Å². The lowest BCUT2D eigenvalue weighted by atomic mass is 10.1. The topological polar surface area (TPSA) is 78.3 Å². The largest absolute Gasteiger partial charge is 0.462 e.